The molecular weight excluding hydrogens is 379 g/mol. The van der Waals surface area contributed by atoms with E-state index in [1.54, 1.807) is 26.0 Å². The molecule has 0 bridgehead atoms. The van der Waals surface area contributed by atoms with E-state index in [9.17, 15) is 14.3 Å². The van der Waals surface area contributed by atoms with Crippen molar-refractivity contribution in [2.75, 3.05) is 0 Å². The van der Waals surface area contributed by atoms with Crippen LogP contribution in [0.15, 0.2) is 63.9 Å². The van der Waals surface area contributed by atoms with Crippen LogP contribution in [0.4, 0.5) is 4.39 Å². The number of carboxylic acids is 1. The van der Waals surface area contributed by atoms with Gasteiger partial charge in [0, 0.05) is 16.0 Å². The predicted octanol–water partition coefficient (Wildman–Crippen LogP) is 5.93. The highest BCUT2D eigenvalue weighted by atomic mass is 32.2. The van der Waals surface area contributed by atoms with Crippen molar-refractivity contribution in [1.29, 1.82) is 0 Å². The van der Waals surface area contributed by atoms with E-state index in [1.807, 2.05) is 37.3 Å². The number of aryl methyl sites for hydroxylation is 1. The fourth-order valence-electron chi connectivity index (χ4n) is 2.55. The van der Waals surface area contributed by atoms with E-state index in [0.717, 1.165) is 16.2 Å². The van der Waals surface area contributed by atoms with Gasteiger partial charge in [0.2, 0.25) is 0 Å². The number of carbonyl (C=O) groups is 1. The molecule has 0 fully saturated rings. The molecule has 0 unspecified atom stereocenters. The van der Waals surface area contributed by atoms with Crippen molar-refractivity contribution in [3.05, 3.63) is 71.7 Å². The molecule has 28 heavy (non-hydrogen) atoms. The van der Waals surface area contributed by atoms with Crippen LogP contribution in [-0.4, -0.2) is 15.8 Å². The topological polar surface area (TPSA) is 59.7 Å². The van der Waals surface area contributed by atoms with Gasteiger partial charge >= 0.3 is 5.97 Å². The molecule has 0 aliphatic heterocycles. The number of ether oxygens (including phenoxy) is 1. The van der Waals surface area contributed by atoms with Crippen LogP contribution in [0.3, 0.4) is 0 Å². The highest BCUT2D eigenvalue weighted by molar-refractivity contribution is 8.01. The maximum absolute atomic E-state index is 13.4. The normalized spacial score (nSPS) is 11.4. The van der Waals surface area contributed by atoms with Crippen LogP contribution in [0.25, 0.3) is 11.3 Å². The number of benzene rings is 2. The van der Waals surface area contributed by atoms with E-state index in [1.165, 1.54) is 23.9 Å². The summed E-state index contributed by atoms with van der Waals surface area (Å²) in [6.07, 6.45) is 0. The minimum atomic E-state index is -0.899. The molecule has 146 valence electrons. The molecule has 0 spiro atoms. The highest BCUT2D eigenvalue weighted by Gasteiger charge is 2.28. The average Bonchev–Trinajstić information content (AvgIpc) is 3.01. The summed E-state index contributed by atoms with van der Waals surface area (Å²) >= 11 is 1.28. The van der Waals surface area contributed by atoms with Crippen LogP contribution < -0.4 is 4.74 Å². The molecule has 0 saturated heterocycles. The highest BCUT2D eigenvalue weighted by Crippen LogP contribution is 2.34. The zero-order valence-electron chi connectivity index (χ0n) is 15.9. The van der Waals surface area contributed by atoms with Gasteiger partial charge < -0.3 is 14.3 Å². The van der Waals surface area contributed by atoms with Gasteiger partial charge in [-0.15, -0.1) is 11.8 Å². The molecule has 6 heteroatoms. The van der Waals surface area contributed by atoms with E-state index in [2.05, 4.69) is 0 Å². The summed E-state index contributed by atoms with van der Waals surface area (Å²) in [5.41, 5.74) is 1.56. The first-order chi connectivity index (χ1) is 13.2. The van der Waals surface area contributed by atoms with Gasteiger partial charge in [0.05, 0.1) is 0 Å². The molecule has 2 aromatic carbocycles. The standard InChI is InChI=1S/C22H21FO4S/c1-14-16(12-20(27-14)15-5-4-6-17(23)11-15)13-26-18-7-9-19(10-8-18)28-22(2,3)21(24)25/h4-12H,13H2,1-3H3,(H,24,25). The summed E-state index contributed by atoms with van der Waals surface area (Å²) in [4.78, 5) is 12.1. The van der Waals surface area contributed by atoms with Gasteiger partial charge in [-0.1, -0.05) is 12.1 Å². The largest absolute Gasteiger partial charge is 0.489 e. The van der Waals surface area contributed by atoms with Crippen molar-refractivity contribution in [2.24, 2.45) is 0 Å². The maximum atomic E-state index is 13.4. The Morgan fingerprint density at radius 1 is 1.18 bits per heavy atom. The number of hydrogen-bond donors (Lipinski definition) is 1. The SMILES string of the molecule is Cc1oc(-c2cccc(F)c2)cc1COc1ccc(SC(C)(C)C(=O)O)cc1. The molecular formula is C22H21FO4S. The third-order valence-corrected chi connectivity index (χ3v) is 5.43. The molecule has 0 saturated carbocycles. The Hall–Kier alpha value is -2.73. The van der Waals surface area contributed by atoms with Crippen molar-refractivity contribution in [3.8, 4) is 17.1 Å². The molecule has 1 N–H and O–H groups in total. The van der Waals surface area contributed by atoms with Gasteiger partial charge in [0.15, 0.2) is 0 Å². The van der Waals surface area contributed by atoms with Gasteiger partial charge in [-0.3, -0.25) is 4.79 Å². The molecule has 1 heterocycles. The summed E-state index contributed by atoms with van der Waals surface area (Å²) < 4.78 is 24.1. The van der Waals surface area contributed by atoms with Crippen LogP contribution >= 0.6 is 11.8 Å². The van der Waals surface area contributed by atoms with Gasteiger partial charge in [0.25, 0.3) is 0 Å². The van der Waals surface area contributed by atoms with Crippen LogP contribution in [-0.2, 0) is 11.4 Å². The second-order valence-corrected chi connectivity index (χ2v) is 8.58. The number of carboxylic acid groups (broad SMARTS) is 1. The fraction of sp³-hybridized carbons (Fsp3) is 0.227. The molecule has 0 radical (unpaired) electrons. The zero-order chi connectivity index (χ0) is 20.3. The Balaban J connectivity index is 1.65. The molecule has 1 aromatic heterocycles. The fourth-order valence-corrected chi connectivity index (χ4v) is 3.50. The van der Waals surface area contributed by atoms with Crippen molar-refractivity contribution in [2.45, 2.75) is 37.0 Å². The van der Waals surface area contributed by atoms with Crippen molar-refractivity contribution in [1.82, 2.24) is 0 Å². The van der Waals surface area contributed by atoms with E-state index in [4.69, 9.17) is 9.15 Å². The van der Waals surface area contributed by atoms with Crippen molar-refractivity contribution in [3.63, 3.8) is 0 Å². The van der Waals surface area contributed by atoms with Crippen LogP contribution in [0.1, 0.15) is 25.2 Å². The first-order valence-corrected chi connectivity index (χ1v) is 9.57. The van der Waals surface area contributed by atoms with Crippen LogP contribution in [0, 0.1) is 12.7 Å². The van der Waals surface area contributed by atoms with Gasteiger partial charge in [-0.2, -0.15) is 0 Å². The Kier molecular flexibility index (Phi) is 5.79. The summed E-state index contributed by atoms with van der Waals surface area (Å²) in [5.74, 6) is 0.814. The number of halogens is 1. The zero-order valence-corrected chi connectivity index (χ0v) is 16.7. The molecule has 3 aromatic rings. The second-order valence-electron chi connectivity index (χ2n) is 6.88. The van der Waals surface area contributed by atoms with E-state index < -0.39 is 10.7 Å². The van der Waals surface area contributed by atoms with Gasteiger partial charge in [-0.05, 0) is 63.2 Å². The lowest BCUT2D eigenvalue weighted by Gasteiger charge is -2.18. The van der Waals surface area contributed by atoms with Gasteiger partial charge in [0.1, 0.15) is 34.4 Å². The number of furan rings is 1. The van der Waals surface area contributed by atoms with Crippen LogP contribution in [0.5, 0.6) is 5.75 Å². The second kappa shape index (κ2) is 8.10. The number of aliphatic carboxylic acids is 1. The minimum Gasteiger partial charge on any atom is -0.489 e. The first kappa shape index (κ1) is 20.0. The van der Waals surface area contributed by atoms with E-state index >= 15 is 0 Å². The monoisotopic (exact) mass is 400 g/mol. The lowest BCUT2D eigenvalue weighted by Crippen LogP contribution is -2.26. The third kappa shape index (κ3) is 4.75. The van der Waals surface area contributed by atoms with E-state index in [0.29, 0.717) is 23.7 Å². The van der Waals surface area contributed by atoms with Crippen molar-refractivity contribution < 1.29 is 23.4 Å². The molecule has 0 amide bonds. The summed E-state index contributed by atoms with van der Waals surface area (Å²) in [6, 6.07) is 15.4. The Bertz CT molecular complexity index is 976. The quantitative estimate of drug-likeness (QED) is 0.498. The number of rotatable bonds is 7. The number of hydrogen-bond acceptors (Lipinski definition) is 4. The molecule has 0 aliphatic carbocycles. The Morgan fingerprint density at radius 2 is 1.89 bits per heavy atom. The first-order valence-electron chi connectivity index (χ1n) is 8.75. The van der Waals surface area contributed by atoms with Crippen LogP contribution in [0.2, 0.25) is 0 Å². The number of thioether (sulfide) groups is 1. The molecule has 0 aliphatic rings. The van der Waals surface area contributed by atoms with Crippen molar-refractivity contribution >= 4 is 17.7 Å². The molecule has 0 atom stereocenters. The average molecular weight is 400 g/mol. The third-order valence-electron chi connectivity index (χ3n) is 4.24. The predicted molar refractivity (Wildman–Crippen MR) is 107 cm³/mol. The maximum Gasteiger partial charge on any atom is 0.319 e. The lowest BCUT2D eigenvalue weighted by atomic mass is 10.1. The Labute approximate surface area is 167 Å². The lowest BCUT2D eigenvalue weighted by molar-refractivity contribution is -0.138. The summed E-state index contributed by atoms with van der Waals surface area (Å²) in [7, 11) is 0. The smallest absolute Gasteiger partial charge is 0.319 e. The van der Waals surface area contributed by atoms with Gasteiger partial charge in [-0.25, -0.2) is 4.39 Å². The van der Waals surface area contributed by atoms with E-state index in [-0.39, 0.29) is 5.82 Å². The molecule has 3 rings (SSSR count). The Morgan fingerprint density at radius 3 is 2.54 bits per heavy atom. The summed E-state index contributed by atoms with van der Waals surface area (Å²) in [5, 5.41) is 9.22. The minimum absolute atomic E-state index is 0.312. The molecule has 4 nitrogen and oxygen atoms in total. The summed E-state index contributed by atoms with van der Waals surface area (Å²) in [6.45, 7) is 5.50.